The summed E-state index contributed by atoms with van der Waals surface area (Å²) in [4.78, 5) is 15.0. The van der Waals surface area contributed by atoms with Crippen LogP contribution in [0, 0.1) is 5.41 Å². The van der Waals surface area contributed by atoms with Crippen molar-refractivity contribution in [2.45, 2.75) is 40.2 Å². The minimum Gasteiger partial charge on any atom is -0.392 e. The van der Waals surface area contributed by atoms with Gasteiger partial charge in [-0.05, 0) is 25.3 Å². The topological polar surface area (TPSA) is 46.3 Å². The molecule has 20 heavy (non-hydrogen) atoms. The molecule has 0 bridgehead atoms. The molecule has 0 aliphatic heterocycles. The molecule has 4 heteroatoms. The highest BCUT2D eigenvalue weighted by Crippen LogP contribution is 2.30. The van der Waals surface area contributed by atoms with Crippen molar-refractivity contribution in [3.05, 3.63) is 35.9 Å². The minimum atomic E-state index is -0.708. The van der Waals surface area contributed by atoms with Gasteiger partial charge in [0.25, 0.3) is 0 Å². The molecule has 1 aromatic carbocycles. The zero-order valence-corrected chi connectivity index (χ0v) is 13.4. The van der Waals surface area contributed by atoms with Crippen LogP contribution in [-0.2, 0) is 11.3 Å². The van der Waals surface area contributed by atoms with Crippen LogP contribution in [0.4, 0.5) is 0 Å². The van der Waals surface area contributed by atoms with Gasteiger partial charge in [0.1, 0.15) is 0 Å². The lowest BCUT2D eigenvalue weighted by molar-refractivity contribution is -0.139. The zero-order valence-electron chi connectivity index (χ0n) is 12.6. The molecule has 2 N–H and O–H groups in total. The van der Waals surface area contributed by atoms with Gasteiger partial charge in [0, 0.05) is 13.1 Å². The fraction of sp³-hybridized carbons (Fsp3) is 0.500. The Morgan fingerprint density at radius 3 is 2.15 bits per heavy atom. The fourth-order valence-corrected chi connectivity index (χ4v) is 2.82. The van der Waals surface area contributed by atoms with E-state index in [-0.39, 0.29) is 5.91 Å². The Morgan fingerprint density at radius 1 is 1.20 bits per heavy atom. The molecule has 0 heterocycles. The van der Waals surface area contributed by atoms with Gasteiger partial charge in [-0.25, -0.2) is 0 Å². The average molecular weight is 292 g/mol. The summed E-state index contributed by atoms with van der Waals surface area (Å²) in [5.74, 6) is 0.0429. The van der Waals surface area contributed by atoms with E-state index in [9.17, 15) is 4.79 Å². The summed E-state index contributed by atoms with van der Waals surface area (Å²) < 4.78 is 0. The number of nitrogens with zero attached hydrogens (tertiary/aromatic N) is 1. The van der Waals surface area contributed by atoms with Crippen LogP contribution >= 0.6 is 12.2 Å². The molecule has 1 amide bonds. The smallest absolute Gasteiger partial charge is 0.235 e. The first kappa shape index (κ1) is 16.6. The van der Waals surface area contributed by atoms with E-state index in [1.165, 1.54) is 0 Å². The molecule has 0 atom stereocenters. The van der Waals surface area contributed by atoms with Crippen LogP contribution in [-0.4, -0.2) is 22.3 Å². The number of carbonyl (C=O) groups is 1. The van der Waals surface area contributed by atoms with Crippen LogP contribution in [0.3, 0.4) is 0 Å². The number of hydrogen-bond acceptors (Lipinski definition) is 2. The molecular formula is C16H24N2OS. The van der Waals surface area contributed by atoms with E-state index in [2.05, 4.69) is 0 Å². The third-order valence-electron chi connectivity index (χ3n) is 3.97. The molecule has 3 nitrogen and oxygen atoms in total. The monoisotopic (exact) mass is 292 g/mol. The van der Waals surface area contributed by atoms with Crippen molar-refractivity contribution < 1.29 is 4.79 Å². The third-order valence-corrected chi connectivity index (χ3v) is 4.36. The van der Waals surface area contributed by atoms with Crippen LogP contribution in [0.15, 0.2) is 30.3 Å². The highest BCUT2D eigenvalue weighted by atomic mass is 32.1. The van der Waals surface area contributed by atoms with Gasteiger partial charge in [0.05, 0.1) is 10.4 Å². The number of benzene rings is 1. The van der Waals surface area contributed by atoms with E-state index in [4.69, 9.17) is 18.0 Å². The van der Waals surface area contributed by atoms with Crippen molar-refractivity contribution in [1.29, 1.82) is 0 Å². The molecular weight excluding hydrogens is 268 g/mol. The number of carbonyl (C=O) groups excluding carboxylic acids is 1. The molecule has 0 spiro atoms. The first-order valence-electron chi connectivity index (χ1n) is 7.15. The molecule has 1 rings (SSSR count). The van der Waals surface area contributed by atoms with Crippen LogP contribution < -0.4 is 5.73 Å². The molecule has 0 aliphatic carbocycles. The average Bonchev–Trinajstić information content (AvgIpc) is 2.47. The summed E-state index contributed by atoms with van der Waals surface area (Å²) >= 11 is 5.17. The normalized spacial score (nSPS) is 11.2. The molecule has 0 aliphatic rings. The lowest BCUT2D eigenvalue weighted by atomic mass is 9.80. The molecule has 0 radical (unpaired) electrons. The van der Waals surface area contributed by atoms with E-state index in [0.29, 0.717) is 30.9 Å². The SMILES string of the molecule is CCN(Cc1ccccc1)C(=O)C(CC)(CC)C(N)=S. The maximum atomic E-state index is 12.9. The maximum Gasteiger partial charge on any atom is 0.235 e. The van der Waals surface area contributed by atoms with E-state index in [1.807, 2.05) is 56.0 Å². The maximum absolute atomic E-state index is 12.9. The minimum absolute atomic E-state index is 0.0429. The van der Waals surface area contributed by atoms with Crippen molar-refractivity contribution in [2.75, 3.05) is 6.54 Å². The molecule has 0 saturated carbocycles. The summed E-state index contributed by atoms with van der Waals surface area (Å²) in [6.07, 6.45) is 1.28. The van der Waals surface area contributed by atoms with Crippen molar-refractivity contribution in [3.63, 3.8) is 0 Å². The molecule has 0 aromatic heterocycles. The van der Waals surface area contributed by atoms with E-state index >= 15 is 0 Å². The van der Waals surface area contributed by atoms with Crippen LogP contribution in [0.1, 0.15) is 39.2 Å². The fourth-order valence-electron chi connectivity index (χ4n) is 2.44. The Balaban J connectivity index is 2.99. The van der Waals surface area contributed by atoms with E-state index in [0.717, 1.165) is 5.56 Å². The van der Waals surface area contributed by atoms with Crippen molar-refractivity contribution in [2.24, 2.45) is 11.1 Å². The first-order chi connectivity index (χ1) is 9.51. The van der Waals surface area contributed by atoms with Gasteiger partial charge in [-0.15, -0.1) is 0 Å². The van der Waals surface area contributed by atoms with Gasteiger partial charge in [0.15, 0.2) is 0 Å². The summed E-state index contributed by atoms with van der Waals surface area (Å²) in [6, 6.07) is 9.98. The van der Waals surface area contributed by atoms with Gasteiger partial charge in [-0.2, -0.15) is 0 Å². The van der Waals surface area contributed by atoms with Crippen molar-refractivity contribution >= 4 is 23.1 Å². The Hall–Kier alpha value is -1.42. The summed E-state index contributed by atoms with van der Waals surface area (Å²) in [6.45, 7) is 7.17. The second-order valence-corrected chi connectivity index (χ2v) is 5.40. The van der Waals surface area contributed by atoms with E-state index in [1.54, 1.807) is 0 Å². The standard InChI is InChI=1S/C16H24N2OS/c1-4-16(5-2,14(17)20)15(19)18(6-3)12-13-10-8-7-9-11-13/h7-11H,4-6,12H2,1-3H3,(H2,17,20). The number of thiocarbonyl (C=S) groups is 1. The number of nitrogens with two attached hydrogens (primary N) is 1. The zero-order chi connectivity index (χ0) is 15.2. The van der Waals surface area contributed by atoms with Gasteiger partial charge < -0.3 is 10.6 Å². The lowest BCUT2D eigenvalue weighted by Gasteiger charge is -2.35. The Kier molecular flexibility index (Phi) is 6.14. The van der Waals surface area contributed by atoms with Gasteiger partial charge in [-0.1, -0.05) is 56.4 Å². The second-order valence-electron chi connectivity index (χ2n) is 4.96. The molecule has 0 fully saturated rings. The second kappa shape index (κ2) is 7.39. The predicted octanol–water partition coefficient (Wildman–Crippen LogP) is 3.13. The Bertz CT molecular complexity index is 455. The summed E-state index contributed by atoms with van der Waals surface area (Å²) in [5.41, 5.74) is 6.27. The van der Waals surface area contributed by atoms with Gasteiger partial charge >= 0.3 is 0 Å². The Labute approximate surface area is 127 Å². The Morgan fingerprint density at radius 2 is 1.75 bits per heavy atom. The molecule has 0 saturated heterocycles. The molecule has 1 aromatic rings. The van der Waals surface area contributed by atoms with E-state index < -0.39 is 5.41 Å². The van der Waals surface area contributed by atoms with Gasteiger partial charge in [0.2, 0.25) is 5.91 Å². The van der Waals surface area contributed by atoms with Gasteiger partial charge in [-0.3, -0.25) is 4.79 Å². The molecule has 110 valence electrons. The first-order valence-corrected chi connectivity index (χ1v) is 7.55. The highest BCUT2D eigenvalue weighted by Gasteiger charge is 2.40. The number of amides is 1. The van der Waals surface area contributed by atoms with Crippen molar-refractivity contribution in [3.8, 4) is 0 Å². The van der Waals surface area contributed by atoms with Crippen LogP contribution in [0.2, 0.25) is 0 Å². The summed E-state index contributed by atoms with van der Waals surface area (Å²) in [5, 5.41) is 0. The van der Waals surface area contributed by atoms with Crippen molar-refractivity contribution in [1.82, 2.24) is 4.90 Å². The van der Waals surface area contributed by atoms with Crippen LogP contribution in [0.25, 0.3) is 0 Å². The third kappa shape index (κ3) is 3.37. The molecule has 0 unspecified atom stereocenters. The number of rotatable bonds is 7. The summed E-state index contributed by atoms with van der Waals surface area (Å²) in [7, 11) is 0. The quantitative estimate of drug-likeness (QED) is 0.785. The largest absolute Gasteiger partial charge is 0.392 e. The highest BCUT2D eigenvalue weighted by molar-refractivity contribution is 7.80. The van der Waals surface area contributed by atoms with Crippen LogP contribution in [0.5, 0.6) is 0 Å². The number of hydrogen-bond donors (Lipinski definition) is 1. The lowest BCUT2D eigenvalue weighted by Crippen LogP contribution is -2.49. The predicted molar refractivity (Wildman–Crippen MR) is 87.3 cm³/mol.